The Morgan fingerprint density at radius 1 is 1.09 bits per heavy atom. The largest absolute Gasteiger partial charge is 0.387 e. The first-order valence-electron chi connectivity index (χ1n) is 10.9. The number of morpholine rings is 1. The summed E-state index contributed by atoms with van der Waals surface area (Å²) < 4.78 is 16.4. The fraction of sp³-hybridized carbons (Fsp3) is 0.400. The molecule has 0 aliphatic carbocycles. The van der Waals surface area contributed by atoms with Crippen molar-refractivity contribution < 1.29 is 29.3 Å². The number of hydrogen-bond donors (Lipinski definition) is 3. The van der Waals surface area contributed by atoms with Gasteiger partial charge in [-0.1, -0.05) is 36.1 Å². The molecule has 2 aliphatic heterocycles. The summed E-state index contributed by atoms with van der Waals surface area (Å²) in [4.78, 5) is 14.1. The highest BCUT2D eigenvalue weighted by atomic mass is 16.6. The number of nitrogens with zero attached hydrogens (tertiary/aromatic N) is 1. The van der Waals surface area contributed by atoms with E-state index >= 15 is 0 Å². The number of nitrogens with one attached hydrogen (secondary N) is 1. The molecule has 0 bridgehead atoms. The minimum atomic E-state index is -1.21. The van der Waals surface area contributed by atoms with Gasteiger partial charge >= 0.3 is 0 Å². The van der Waals surface area contributed by atoms with Crippen LogP contribution in [0.5, 0.6) is 0 Å². The van der Waals surface area contributed by atoms with Crippen molar-refractivity contribution in [3.8, 4) is 11.8 Å². The van der Waals surface area contributed by atoms with Crippen molar-refractivity contribution in [1.82, 2.24) is 10.4 Å². The van der Waals surface area contributed by atoms with Crippen molar-refractivity contribution in [3.63, 3.8) is 0 Å². The fourth-order valence-corrected chi connectivity index (χ4v) is 4.09. The normalized spacial score (nSPS) is 25.3. The van der Waals surface area contributed by atoms with Crippen molar-refractivity contribution in [3.05, 3.63) is 70.8 Å². The number of hydroxylamine groups is 1. The monoisotopic (exact) mass is 452 g/mol. The van der Waals surface area contributed by atoms with Crippen LogP contribution >= 0.6 is 0 Å². The van der Waals surface area contributed by atoms with Crippen LogP contribution in [-0.2, 0) is 25.5 Å². The number of rotatable bonds is 5. The molecule has 174 valence electrons. The van der Waals surface area contributed by atoms with Gasteiger partial charge < -0.3 is 19.3 Å². The summed E-state index contributed by atoms with van der Waals surface area (Å²) in [7, 11) is 1.44. The number of aliphatic hydroxyl groups excluding tert-OH is 1. The Bertz CT molecular complexity index is 992. The van der Waals surface area contributed by atoms with E-state index < -0.39 is 30.3 Å². The third kappa shape index (κ3) is 5.60. The lowest BCUT2D eigenvalue weighted by Gasteiger charge is -2.26. The lowest BCUT2D eigenvalue weighted by molar-refractivity contribution is -0.144. The zero-order valence-electron chi connectivity index (χ0n) is 18.4. The molecule has 2 saturated heterocycles. The highest BCUT2D eigenvalue weighted by Crippen LogP contribution is 2.35. The summed E-state index contributed by atoms with van der Waals surface area (Å²) in [5.74, 6) is 5.52. The summed E-state index contributed by atoms with van der Waals surface area (Å²) in [6.45, 7) is 4.42. The maximum Gasteiger partial charge on any atom is 0.275 e. The average molecular weight is 453 g/mol. The van der Waals surface area contributed by atoms with Crippen LogP contribution in [0.15, 0.2) is 48.5 Å². The molecular weight excluding hydrogens is 424 g/mol. The van der Waals surface area contributed by atoms with Gasteiger partial charge in [0.05, 0.1) is 13.2 Å². The molecule has 8 nitrogen and oxygen atoms in total. The number of methoxy groups -OCH3 is 1. The van der Waals surface area contributed by atoms with Gasteiger partial charge in [0, 0.05) is 37.9 Å². The topological polar surface area (TPSA) is 100 Å². The second kappa shape index (κ2) is 10.9. The molecule has 0 unspecified atom stereocenters. The molecule has 2 aliphatic rings. The second-order valence-corrected chi connectivity index (χ2v) is 8.10. The van der Waals surface area contributed by atoms with Gasteiger partial charge in [0.1, 0.15) is 18.3 Å². The Labute approximate surface area is 193 Å². The number of carbonyl (C=O) groups excluding carboxylic acids is 1. The van der Waals surface area contributed by atoms with Crippen LogP contribution in [0, 0.1) is 11.8 Å². The molecule has 8 heteroatoms. The number of amides is 1. The van der Waals surface area contributed by atoms with Crippen LogP contribution in [-0.4, -0.2) is 72.8 Å². The lowest BCUT2D eigenvalue weighted by atomic mass is 10.00. The molecule has 4 rings (SSSR count). The quantitative estimate of drug-likeness (QED) is 0.357. The Balaban J connectivity index is 1.39. The molecule has 2 heterocycles. The molecule has 1 amide bonds. The molecule has 33 heavy (non-hydrogen) atoms. The molecular formula is C25H28N2O6. The minimum absolute atomic E-state index is 0.645. The van der Waals surface area contributed by atoms with Crippen LogP contribution in [0.3, 0.4) is 0 Å². The van der Waals surface area contributed by atoms with E-state index in [2.05, 4.69) is 28.9 Å². The molecule has 0 aromatic heterocycles. The molecule has 0 saturated carbocycles. The van der Waals surface area contributed by atoms with Crippen molar-refractivity contribution >= 4 is 5.91 Å². The maximum atomic E-state index is 11.7. The van der Waals surface area contributed by atoms with E-state index in [0.717, 1.165) is 49.5 Å². The highest BCUT2D eigenvalue weighted by molar-refractivity contribution is 5.80. The predicted octanol–water partition coefficient (Wildman–Crippen LogP) is 1.24. The first-order valence-corrected chi connectivity index (χ1v) is 10.9. The van der Waals surface area contributed by atoms with Crippen LogP contribution in [0.2, 0.25) is 0 Å². The molecule has 3 N–H and O–H groups in total. The third-order valence-corrected chi connectivity index (χ3v) is 5.93. The Morgan fingerprint density at radius 3 is 2.27 bits per heavy atom. The van der Waals surface area contributed by atoms with E-state index in [-0.39, 0.29) is 0 Å². The van der Waals surface area contributed by atoms with Gasteiger partial charge in [0.25, 0.3) is 5.91 Å². The third-order valence-electron chi connectivity index (χ3n) is 5.93. The van der Waals surface area contributed by atoms with E-state index in [0.29, 0.717) is 0 Å². The van der Waals surface area contributed by atoms with Crippen LogP contribution in [0.4, 0.5) is 0 Å². The Hall–Kier alpha value is -2.77. The first kappa shape index (κ1) is 23.4. The average Bonchev–Trinajstić information content (AvgIpc) is 3.20. The Morgan fingerprint density at radius 2 is 1.70 bits per heavy atom. The molecule has 2 aromatic carbocycles. The predicted molar refractivity (Wildman–Crippen MR) is 119 cm³/mol. The van der Waals surface area contributed by atoms with Crippen molar-refractivity contribution in [2.75, 3.05) is 33.4 Å². The van der Waals surface area contributed by atoms with Gasteiger partial charge in [-0.25, -0.2) is 5.48 Å². The van der Waals surface area contributed by atoms with E-state index in [1.165, 1.54) is 18.2 Å². The van der Waals surface area contributed by atoms with Crippen LogP contribution in [0.25, 0.3) is 0 Å². The summed E-state index contributed by atoms with van der Waals surface area (Å²) in [6.07, 6.45) is -3.79. The molecule has 0 radical (unpaired) electrons. The highest BCUT2D eigenvalue weighted by Gasteiger charge is 2.48. The fourth-order valence-electron chi connectivity index (χ4n) is 4.09. The number of hydrogen-bond acceptors (Lipinski definition) is 7. The second-order valence-electron chi connectivity index (χ2n) is 8.10. The first-order chi connectivity index (χ1) is 16.1. The number of ether oxygens (including phenoxy) is 3. The van der Waals surface area contributed by atoms with Gasteiger partial charge in [0.2, 0.25) is 0 Å². The van der Waals surface area contributed by atoms with E-state index in [1.807, 2.05) is 36.4 Å². The lowest BCUT2D eigenvalue weighted by Crippen LogP contribution is -2.42. The van der Waals surface area contributed by atoms with Crippen molar-refractivity contribution in [2.24, 2.45) is 0 Å². The number of benzene rings is 2. The van der Waals surface area contributed by atoms with Crippen molar-refractivity contribution in [1.29, 1.82) is 0 Å². The smallest absolute Gasteiger partial charge is 0.275 e. The summed E-state index contributed by atoms with van der Waals surface area (Å²) in [6, 6.07) is 15.6. The van der Waals surface area contributed by atoms with Crippen LogP contribution < -0.4 is 5.48 Å². The molecule has 0 spiro atoms. The van der Waals surface area contributed by atoms with Gasteiger partial charge in [-0.3, -0.25) is 14.9 Å². The van der Waals surface area contributed by atoms with Gasteiger partial charge in [-0.2, -0.15) is 0 Å². The number of carbonyl (C=O) groups is 1. The number of aliphatic hydroxyl groups is 1. The molecule has 4 atom stereocenters. The van der Waals surface area contributed by atoms with Gasteiger partial charge in [-0.05, 0) is 35.4 Å². The maximum absolute atomic E-state index is 11.7. The SMILES string of the molecule is CO[C@H]1[C@@H](O)[C@@H](C(=O)NO)O[C@H]1c1ccc(C#Cc2ccc(CN3CCOCC3)cc2)cc1. The Kier molecular flexibility index (Phi) is 7.73. The minimum Gasteiger partial charge on any atom is -0.387 e. The van der Waals surface area contributed by atoms with E-state index in [1.54, 1.807) is 0 Å². The van der Waals surface area contributed by atoms with Gasteiger partial charge in [0.15, 0.2) is 6.10 Å². The summed E-state index contributed by atoms with van der Waals surface area (Å²) in [5, 5.41) is 19.2. The standard InChI is InChI=1S/C25H28N2O6/c1-31-23-21(28)24(25(29)26-30)33-22(23)20-10-8-18(9-11-20)3-2-17-4-6-19(7-5-17)16-27-12-14-32-15-13-27/h4-11,21-24,28,30H,12-16H2,1H3,(H,26,29)/t21-,22+,23+,24+/m1/s1. The molecule has 2 aromatic rings. The zero-order chi connectivity index (χ0) is 23.2. The zero-order valence-corrected chi connectivity index (χ0v) is 18.4. The van der Waals surface area contributed by atoms with E-state index in [9.17, 15) is 9.90 Å². The van der Waals surface area contributed by atoms with E-state index in [4.69, 9.17) is 19.4 Å². The molecule has 2 fully saturated rings. The van der Waals surface area contributed by atoms with Crippen LogP contribution in [0.1, 0.15) is 28.4 Å². The van der Waals surface area contributed by atoms with Gasteiger partial charge in [-0.15, -0.1) is 0 Å². The summed E-state index contributed by atoms with van der Waals surface area (Å²) >= 11 is 0. The van der Waals surface area contributed by atoms with Crippen molar-refractivity contribution in [2.45, 2.75) is 31.0 Å². The summed E-state index contributed by atoms with van der Waals surface area (Å²) in [5.41, 5.74) is 5.27.